The summed E-state index contributed by atoms with van der Waals surface area (Å²) in [4.78, 5) is 50.3. The molecule has 0 atom stereocenters. The first-order valence-corrected chi connectivity index (χ1v) is 17.9. The molecule has 0 aliphatic heterocycles. The molecular weight excluding hydrogens is 600 g/mol. The molecule has 2 aromatic heterocycles. The molecule has 248 valence electrons. The zero-order valence-corrected chi connectivity index (χ0v) is 28.0. The minimum Gasteiger partial charge on any atom is -0.494 e. The van der Waals surface area contributed by atoms with Crippen LogP contribution in [0.4, 0.5) is 5.69 Å². The Morgan fingerprint density at radius 1 is 0.542 bits per heavy atom. The molecule has 0 amide bonds. The van der Waals surface area contributed by atoms with Gasteiger partial charge in [-0.25, -0.2) is 0 Å². The molecule has 4 N–H and O–H groups in total. The second-order valence-corrected chi connectivity index (χ2v) is 13.4. The van der Waals surface area contributed by atoms with E-state index in [0.29, 0.717) is 50.8 Å². The van der Waals surface area contributed by atoms with Gasteiger partial charge in [-0.2, -0.15) is 0 Å². The van der Waals surface area contributed by atoms with E-state index in [9.17, 15) is 19.5 Å². The van der Waals surface area contributed by atoms with Crippen LogP contribution in [0.15, 0.2) is 55.8 Å². The summed E-state index contributed by atoms with van der Waals surface area (Å²) in [6.45, 7) is 5.73. The van der Waals surface area contributed by atoms with Crippen LogP contribution in [0.1, 0.15) is 90.9 Å². The molecule has 0 spiro atoms. The number of aromatic amines is 2. The largest absolute Gasteiger partial charge is 0.494 e. The van der Waals surface area contributed by atoms with Crippen LogP contribution in [-0.4, -0.2) is 28.2 Å². The maximum atomic E-state index is 13.9. The summed E-state index contributed by atoms with van der Waals surface area (Å²) in [7, 11) is 0. The van der Waals surface area contributed by atoms with Gasteiger partial charge in [-0.15, -0.1) is 0 Å². The van der Waals surface area contributed by atoms with E-state index in [0.717, 1.165) is 70.1 Å². The third-order valence-corrected chi connectivity index (χ3v) is 10.2. The second-order valence-electron chi connectivity index (χ2n) is 13.4. The molecule has 0 aliphatic carbocycles. The van der Waals surface area contributed by atoms with E-state index in [1.165, 1.54) is 44.9 Å². The quantitative estimate of drug-likeness (QED) is 0.0506. The number of fused-ring (bicyclic) bond motifs is 2. The van der Waals surface area contributed by atoms with E-state index >= 15 is 0 Å². The van der Waals surface area contributed by atoms with Crippen molar-refractivity contribution in [3.8, 4) is 5.88 Å². The Bertz CT molecular complexity index is 2470. The van der Waals surface area contributed by atoms with E-state index in [1.807, 2.05) is 24.3 Å². The number of hydrogen-bond donors (Lipinski definition) is 4. The van der Waals surface area contributed by atoms with Crippen LogP contribution in [0.2, 0.25) is 0 Å². The molecule has 0 fully saturated rings. The lowest BCUT2D eigenvalue weighted by molar-refractivity contribution is 0.459. The third kappa shape index (κ3) is 5.31. The molecule has 0 bridgehead atoms. The number of aromatic nitrogens is 2. The lowest BCUT2D eigenvalue weighted by atomic mass is 9.85. The smallest absolute Gasteiger partial charge is 0.260 e. The number of nitrogens with zero attached hydrogens (tertiary/aromatic N) is 1. The summed E-state index contributed by atoms with van der Waals surface area (Å²) >= 11 is 0. The van der Waals surface area contributed by atoms with E-state index in [4.69, 9.17) is 4.99 Å². The third-order valence-electron chi connectivity index (χ3n) is 10.2. The van der Waals surface area contributed by atoms with E-state index in [1.54, 1.807) is 12.1 Å². The highest BCUT2D eigenvalue weighted by atomic mass is 16.3. The second kappa shape index (κ2) is 13.4. The Morgan fingerprint density at radius 3 is 1.75 bits per heavy atom. The summed E-state index contributed by atoms with van der Waals surface area (Å²) in [5, 5.41) is 24.0. The number of pyridine rings is 2. The van der Waals surface area contributed by atoms with Gasteiger partial charge in [0.05, 0.1) is 16.4 Å². The van der Waals surface area contributed by atoms with Gasteiger partial charge in [-0.3, -0.25) is 29.3 Å². The summed E-state index contributed by atoms with van der Waals surface area (Å²) < 4.78 is 0. The molecular formula is C40H44N4O4. The number of nitrogens with one attached hydrogen (secondary N) is 3. The molecule has 8 nitrogen and oxygen atoms in total. The van der Waals surface area contributed by atoms with Crippen LogP contribution < -0.4 is 27.4 Å². The van der Waals surface area contributed by atoms with Crippen LogP contribution in [0.3, 0.4) is 0 Å². The number of unbranched alkanes of at least 4 members (excludes halogenated alkanes) is 10. The topological polar surface area (TPSA) is 127 Å². The first kappa shape index (κ1) is 31.9. The monoisotopic (exact) mass is 644 g/mol. The summed E-state index contributed by atoms with van der Waals surface area (Å²) in [5.41, 5.74) is -0.379. The fraction of sp³-hybridized carbons (Fsp3) is 0.400. The van der Waals surface area contributed by atoms with Crippen molar-refractivity contribution < 1.29 is 5.11 Å². The minimum atomic E-state index is -0.403. The van der Waals surface area contributed by atoms with Crippen molar-refractivity contribution in [3.63, 3.8) is 0 Å². The number of H-pyrrole nitrogens is 2. The zero-order chi connectivity index (χ0) is 33.4. The predicted molar refractivity (Wildman–Crippen MR) is 200 cm³/mol. The average molecular weight is 645 g/mol. The van der Waals surface area contributed by atoms with Crippen molar-refractivity contribution in [1.82, 2.24) is 9.97 Å². The van der Waals surface area contributed by atoms with Gasteiger partial charge in [-0.1, -0.05) is 96.3 Å². The van der Waals surface area contributed by atoms with Crippen molar-refractivity contribution in [1.29, 1.82) is 0 Å². The molecule has 0 saturated heterocycles. The number of aromatic hydroxyl groups is 1. The summed E-state index contributed by atoms with van der Waals surface area (Å²) in [6.07, 6.45) is 13.7. The van der Waals surface area contributed by atoms with Gasteiger partial charge >= 0.3 is 0 Å². The number of benzene rings is 5. The highest BCUT2D eigenvalue weighted by molar-refractivity contribution is 6.41. The minimum absolute atomic E-state index is 0.169. The fourth-order valence-corrected chi connectivity index (χ4v) is 7.83. The summed E-state index contributed by atoms with van der Waals surface area (Å²) in [6, 6.07) is 11.3. The number of hydrogen-bond acceptors (Lipinski definition) is 6. The Labute approximate surface area is 277 Å². The standard InChI is InChI=1S/C40H44N4O4/c1-3-5-7-9-11-13-21-41-35-33-25-17-20-27-30-26(37(45)43-38(27)46)18-15-23(29(25)30)24-16-19-28-32(31(24)33)34(40(48)44-39(28)47)36(35)42-22-14-12-10-8-6-4-2/h15-20,41H,3-14,21-22H2,1-2H3,(H,43,45,46)(H2,44,47,48). The zero-order valence-electron chi connectivity index (χ0n) is 28.0. The van der Waals surface area contributed by atoms with Crippen LogP contribution in [0.25, 0.3) is 64.6 Å². The Morgan fingerprint density at radius 2 is 1.06 bits per heavy atom. The lowest BCUT2D eigenvalue weighted by Crippen LogP contribution is -2.23. The maximum Gasteiger partial charge on any atom is 0.260 e. The van der Waals surface area contributed by atoms with E-state index < -0.39 is 11.1 Å². The number of rotatable bonds is 15. The van der Waals surface area contributed by atoms with Crippen LogP contribution >= 0.6 is 0 Å². The van der Waals surface area contributed by atoms with Crippen molar-refractivity contribution in [3.05, 3.63) is 72.8 Å². The van der Waals surface area contributed by atoms with E-state index in [2.05, 4.69) is 29.1 Å². The molecule has 0 saturated carbocycles. The first-order valence-electron chi connectivity index (χ1n) is 17.9. The molecule has 2 heterocycles. The maximum absolute atomic E-state index is 13.9. The molecule has 48 heavy (non-hydrogen) atoms. The normalized spacial score (nSPS) is 12.8. The Kier molecular flexibility index (Phi) is 8.90. The first-order chi connectivity index (χ1) is 23.5. The van der Waals surface area contributed by atoms with Gasteiger partial charge in [0.25, 0.3) is 16.7 Å². The van der Waals surface area contributed by atoms with Crippen LogP contribution in [0.5, 0.6) is 5.88 Å². The van der Waals surface area contributed by atoms with Gasteiger partial charge < -0.3 is 10.4 Å². The molecule has 0 unspecified atom stereocenters. The highest BCUT2D eigenvalue weighted by Gasteiger charge is 2.25. The molecule has 7 aromatic rings. The van der Waals surface area contributed by atoms with Crippen molar-refractivity contribution in [2.75, 3.05) is 18.4 Å². The van der Waals surface area contributed by atoms with Crippen LogP contribution in [-0.2, 0) is 0 Å². The van der Waals surface area contributed by atoms with Gasteiger partial charge in [0.15, 0.2) is 5.88 Å². The molecule has 5 aromatic carbocycles. The average Bonchev–Trinajstić information content (AvgIpc) is 3.08. The van der Waals surface area contributed by atoms with Crippen molar-refractivity contribution >= 4 is 70.3 Å². The lowest BCUT2D eigenvalue weighted by Gasteiger charge is -2.21. The van der Waals surface area contributed by atoms with Gasteiger partial charge in [0, 0.05) is 50.8 Å². The molecule has 0 radical (unpaired) electrons. The predicted octanol–water partition coefficient (Wildman–Crippen LogP) is 8.40. The summed E-state index contributed by atoms with van der Waals surface area (Å²) in [5.74, 6) is -0.169. The van der Waals surface area contributed by atoms with Gasteiger partial charge in [-0.05, 0) is 52.6 Å². The van der Waals surface area contributed by atoms with Crippen molar-refractivity contribution in [2.45, 2.75) is 90.9 Å². The molecule has 0 aliphatic rings. The SMILES string of the molecule is CCCCCCCCN=c1c(NCCCCCCCC)c2c3ccc4c(=O)[nH]c(=O)c5ccc(c6ccc7c(O)[nH]c(=O)c1c7c62)c3c54. The van der Waals surface area contributed by atoms with Gasteiger partial charge in [0.1, 0.15) is 0 Å². The number of anilines is 1. The van der Waals surface area contributed by atoms with Crippen molar-refractivity contribution in [2.24, 2.45) is 4.99 Å². The fourth-order valence-electron chi connectivity index (χ4n) is 7.83. The molecule has 7 rings (SSSR count). The molecule has 8 heteroatoms. The highest BCUT2D eigenvalue weighted by Crippen LogP contribution is 2.46. The van der Waals surface area contributed by atoms with Crippen LogP contribution in [0, 0.1) is 0 Å². The Hall–Kier alpha value is -4.72. The van der Waals surface area contributed by atoms with E-state index in [-0.39, 0.29) is 11.4 Å². The van der Waals surface area contributed by atoms with Gasteiger partial charge in [0.2, 0.25) is 0 Å². The Balaban J connectivity index is 1.54.